The van der Waals surface area contributed by atoms with E-state index in [9.17, 15) is 0 Å². The summed E-state index contributed by atoms with van der Waals surface area (Å²) in [6.07, 6.45) is 2.95. The highest BCUT2D eigenvalue weighted by molar-refractivity contribution is 5.18. The van der Waals surface area contributed by atoms with Gasteiger partial charge in [0, 0.05) is 29.9 Å². The zero-order valence-electron chi connectivity index (χ0n) is 12.7. The Morgan fingerprint density at radius 3 is 2.90 bits per heavy atom. The second-order valence-electron chi connectivity index (χ2n) is 7.55. The maximum absolute atomic E-state index is 5.98. The molecule has 0 radical (unpaired) electrons. The standard InChI is InChI=1S/C17H25NO2/c1-10-8-13(10)14-5-4-11(20-14)9-18-15-12-6-7-19-16(12)17(15,2)3/h4-5,10,12-13,15-16,18H,6-9H2,1-3H3. The van der Waals surface area contributed by atoms with Crippen molar-refractivity contribution in [1.82, 2.24) is 5.32 Å². The van der Waals surface area contributed by atoms with E-state index in [-0.39, 0.29) is 5.41 Å². The number of fused-ring (bicyclic) bond motifs is 1. The molecule has 3 aliphatic rings. The molecule has 1 saturated heterocycles. The van der Waals surface area contributed by atoms with Gasteiger partial charge in [-0.2, -0.15) is 0 Å². The third-order valence-corrected chi connectivity index (χ3v) is 5.75. The van der Waals surface area contributed by atoms with Crippen LogP contribution in [0.15, 0.2) is 16.5 Å². The fourth-order valence-corrected chi connectivity index (χ4v) is 4.36. The Labute approximate surface area is 121 Å². The van der Waals surface area contributed by atoms with Crippen molar-refractivity contribution >= 4 is 0 Å². The van der Waals surface area contributed by atoms with E-state index in [2.05, 4.69) is 38.2 Å². The lowest BCUT2D eigenvalue weighted by atomic mass is 9.57. The van der Waals surface area contributed by atoms with Gasteiger partial charge in [0.25, 0.3) is 0 Å². The van der Waals surface area contributed by atoms with E-state index in [1.807, 2.05) is 0 Å². The van der Waals surface area contributed by atoms with E-state index in [0.29, 0.717) is 24.0 Å². The van der Waals surface area contributed by atoms with Gasteiger partial charge in [0.2, 0.25) is 0 Å². The third-order valence-electron chi connectivity index (χ3n) is 5.75. The van der Waals surface area contributed by atoms with E-state index in [4.69, 9.17) is 9.15 Å². The average Bonchev–Trinajstić information content (AvgIpc) is 2.84. The maximum Gasteiger partial charge on any atom is 0.117 e. The van der Waals surface area contributed by atoms with Crippen LogP contribution in [0, 0.1) is 17.3 Å². The lowest BCUT2D eigenvalue weighted by Crippen LogP contribution is -2.65. The summed E-state index contributed by atoms with van der Waals surface area (Å²) in [5, 5.41) is 3.71. The Morgan fingerprint density at radius 2 is 2.15 bits per heavy atom. The molecule has 2 aliphatic carbocycles. The lowest BCUT2D eigenvalue weighted by Gasteiger charge is -2.54. The monoisotopic (exact) mass is 275 g/mol. The molecule has 5 unspecified atom stereocenters. The van der Waals surface area contributed by atoms with Gasteiger partial charge in [0.1, 0.15) is 11.5 Å². The van der Waals surface area contributed by atoms with Crippen molar-refractivity contribution in [3.05, 3.63) is 23.7 Å². The normalized spacial score (nSPS) is 41.2. The van der Waals surface area contributed by atoms with Gasteiger partial charge in [-0.15, -0.1) is 0 Å². The summed E-state index contributed by atoms with van der Waals surface area (Å²) in [4.78, 5) is 0. The van der Waals surface area contributed by atoms with Gasteiger partial charge < -0.3 is 14.5 Å². The quantitative estimate of drug-likeness (QED) is 0.915. The van der Waals surface area contributed by atoms with Crippen LogP contribution in [-0.4, -0.2) is 18.8 Å². The van der Waals surface area contributed by atoms with Gasteiger partial charge in [-0.3, -0.25) is 0 Å². The molecule has 1 aliphatic heterocycles. The molecule has 110 valence electrons. The van der Waals surface area contributed by atoms with Crippen molar-refractivity contribution in [2.24, 2.45) is 17.3 Å². The zero-order chi connectivity index (χ0) is 13.9. The second-order valence-corrected chi connectivity index (χ2v) is 7.55. The molecule has 1 aromatic rings. The lowest BCUT2D eigenvalue weighted by molar-refractivity contribution is -0.113. The van der Waals surface area contributed by atoms with Crippen LogP contribution in [0.5, 0.6) is 0 Å². The summed E-state index contributed by atoms with van der Waals surface area (Å²) in [6.45, 7) is 8.70. The largest absolute Gasteiger partial charge is 0.464 e. The van der Waals surface area contributed by atoms with Gasteiger partial charge >= 0.3 is 0 Å². The minimum absolute atomic E-state index is 0.252. The van der Waals surface area contributed by atoms with Gasteiger partial charge in [-0.05, 0) is 30.9 Å². The van der Waals surface area contributed by atoms with E-state index in [1.165, 1.54) is 18.6 Å². The molecular formula is C17H25NO2. The molecule has 4 rings (SSSR count). The van der Waals surface area contributed by atoms with Crippen molar-refractivity contribution in [3.63, 3.8) is 0 Å². The van der Waals surface area contributed by atoms with E-state index < -0.39 is 0 Å². The number of rotatable bonds is 4. The number of nitrogens with one attached hydrogen (secondary N) is 1. The fourth-order valence-electron chi connectivity index (χ4n) is 4.36. The average molecular weight is 275 g/mol. The third kappa shape index (κ3) is 1.86. The van der Waals surface area contributed by atoms with Crippen LogP contribution in [0.1, 0.15) is 51.1 Å². The molecule has 1 N–H and O–H groups in total. The Morgan fingerprint density at radius 1 is 1.35 bits per heavy atom. The van der Waals surface area contributed by atoms with Crippen LogP contribution in [0.3, 0.4) is 0 Å². The molecule has 0 amide bonds. The summed E-state index contributed by atoms with van der Waals surface area (Å²) < 4.78 is 11.8. The SMILES string of the molecule is CC1CC1c1ccc(CNC2C3CCOC3C2(C)C)o1. The van der Waals surface area contributed by atoms with Crippen molar-refractivity contribution in [2.75, 3.05) is 6.61 Å². The first-order chi connectivity index (χ1) is 9.57. The van der Waals surface area contributed by atoms with E-state index in [1.54, 1.807) is 0 Å². The van der Waals surface area contributed by atoms with Crippen LogP contribution in [0.4, 0.5) is 0 Å². The molecule has 1 aromatic heterocycles. The molecule has 3 nitrogen and oxygen atoms in total. The number of ether oxygens (including phenoxy) is 1. The first kappa shape index (κ1) is 12.9. The van der Waals surface area contributed by atoms with Crippen LogP contribution >= 0.6 is 0 Å². The summed E-state index contributed by atoms with van der Waals surface area (Å²) >= 11 is 0. The van der Waals surface area contributed by atoms with Crippen molar-refractivity contribution < 1.29 is 9.15 Å². The molecule has 5 atom stereocenters. The molecule has 3 fully saturated rings. The summed E-state index contributed by atoms with van der Waals surface area (Å²) in [6, 6.07) is 4.86. The highest BCUT2D eigenvalue weighted by Crippen LogP contribution is 2.52. The molecule has 3 heteroatoms. The maximum atomic E-state index is 5.98. The van der Waals surface area contributed by atoms with E-state index in [0.717, 1.165) is 24.8 Å². The Balaban J connectivity index is 1.37. The number of furan rings is 1. The Hall–Kier alpha value is -0.800. The minimum Gasteiger partial charge on any atom is -0.464 e. The number of hydrogen-bond acceptors (Lipinski definition) is 3. The second kappa shape index (κ2) is 4.35. The Kier molecular flexibility index (Phi) is 2.80. The fraction of sp³-hybridized carbons (Fsp3) is 0.765. The zero-order valence-corrected chi connectivity index (χ0v) is 12.7. The predicted octanol–water partition coefficient (Wildman–Crippen LogP) is 3.31. The summed E-state index contributed by atoms with van der Waals surface area (Å²) in [7, 11) is 0. The van der Waals surface area contributed by atoms with Crippen molar-refractivity contribution in [2.45, 2.75) is 58.2 Å². The molecule has 20 heavy (non-hydrogen) atoms. The van der Waals surface area contributed by atoms with Crippen LogP contribution in [0.25, 0.3) is 0 Å². The molecule has 0 spiro atoms. The molecule has 2 heterocycles. The first-order valence-corrected chi connectivity index (χ1v) is 8.01. The molecule has 0 aromatic carbocycles. The van der Waals surface area contributed by atoms with E-state index >= 15 is 0 Å². The van der Waals surface area contributed by atoms with Gasteiger partial charge in [-0.25, -0.2) is 0 Å². The molecule has 0 bridgehead atoms. The molecule has 2 saturated carbocycles. The van der Waals surface area contributed by atoms with Crippen LogP contribution in [-0.2, 0) is 11.3 Å². The van der Waals surface area contributed by atoms with Crippen LogP contribution in [0.2, 0.25) is 0 Å². The first-order valence-electron chi connectivity index (χ1n) is 8.01. The summed E-state index contributed by atoms with van der Waals surface area (Å²) in [5.41, 5.74) is 0.252. The highest BCUT2D eigenvalue weighted by Gasteiger charge is 2.58. The van der Waals surface area contributed by atoms with Crippen LogP contribution < -0.4 is 5.32 Å². The highest BCUT2D eigenvalue weighted by atomic mass is 16.5. The smallest absolute Gasteiger partial charge is 0.117 e. The predicted molar refractivity (Wildman–Crippen MR) is 77.5 cm³/mol. The molecular weight excluding hydrogens is 250 g/mol. The minimum atomic E-state index is 0.252. The van der Waals surface area contributed by atoms with Gasteiger partial charge in [0.15, 0.2) is 0 Å². The summed E-state index contributed by atoms with van der Waals surface area (Å²) in [5.74, 6) is 4.45. The topological polar surface area (TPSA) is 34.4 Å². The van der Waals surface area contributed by atoms with Crippen molar-refractivity contribution in [1.29, 1.82) is 0 Å². The Bertz CT molecular complexity index is 507. The van der Waals surface area contributed by atoms with Gasteiger partial charge in [0.05, 0.1) is 12.6 Å². The number of hydrogen-bond donors (Lipinski definition) is 1. The van der Waals surface area contributed by atoms with Crippen molar-refractivity contribution in [3.8, 4) is 0 Å². The van der Waals surface area contributed by atoms with Gasteiger partial charge in [-0.1, -0.05) is 20.8 Å².